The molecule has 2 fully saturated rings. The predicted octanol–water partition coefficient (Wildman–Crippen LogP) is 1.28. The van der Waals surface area contributed by atoms with Gasteiger partial charge in [-0.25, -0.2) is 0 Å². The second kappa shape index (κ2) is 7.11. The highest BCUT2D eigenvalue weighted by molar-refractivity contribution is 4.89. The van der Waals surface area contributed by atoms with Crippen LogP contribution < -0.4 is 5.32 Å². The monoisotopic (exact) mass is 305 g/mol. The number of hydrogen-bond donors (Lipinski definition) is 1. The highest BCUT2D eigenvalue weighted by atomic mass is 15.3. The molecule has 1 atom stereocenters. The van der Waals surface area contributed by atoms with Crippen LogP contribution >= 0.6 is 0 Å². The summed E-state index contributed by atoms with van der Waals surface area (Å²) in [7, 11) is 2.33. The number of nitrogens with zero attached hydrogens (tertiary/aromatic N) is 4. The average molecular weight is 305 g/mol. The summed E-state index contributed by atoms with van der Waals surface area (Å²) in [6.07, 6.45) is 7.84. The number of nitrogens with one attached hydrogen (secondary N) is 1. The summed E-state index contributed by atoms with van der Waals surface area (Å²) in [6.45, 7) is 10.6. The molecule has 3 heterocycles. The molecular formula is C17H31N5. The van der Waals surface area contributed by atoms with E-state index in [0.29, 0.717) is 5.41 Å². The second-order valence-electron chi connectivity index (χ2n) is 7.49. The highest BCUT2D eigenvalue weighted by Crippen LogP contribution is 2.27. The smallest absolute Gasteiger partial charge is 0.0536 e. The van der Waals surface area contributed by atoms with Gasteiger partial charge in [0, 0.05) is 38.1 Å². The van der Waals surface area contributed by atoms with Gasteiger partial charge in [-0.3, -0.25) is 4.68 Å². The summed E-state index contributed by atoms with van der Waals surface area (Å²) in [5, 5.41) is 7.80. The Balaban J connectivity index is 1.39. The van der Waals surface area contributed by atoms with Crippen molar-refractivity contribution in [3.05, 3.63) is 18.5 Å². The maximum atomic E-state index is 4.28. The fraction of sp³-hybridized carbons (Fsp3) is 0.824. The molecular weight excluding hydrogens is 274 g/mol. The van der Waals surface area contributed by atoms with E-state index in [0.717, 1.165) is 19.1 Å². The first-order valence-electron chi connectivity index (χ1n) is 8.75. The molecule has 2 aliphatic heterocycles. The quantitative estimate of drug-likeness (QED) is 0.859. The maximum Gasteiger partial charge on any atom is 0.0536 e. The highest BCUT2D eigenvalue weighted by Gasteiger charge is 2.32. The van der Waals surface area contributed by atoms with Crippen LogP contribution in [0.2, 0.25) is 0 Å². The molecule has 0 aromatic carbocycles. The lowest BCUT2D eigenvalue weighted by molar-refractivity contribution is 0.0950. The summed E-state index contributed by atoms with van der Waals surface area (Å²) in [6, 6.07) is 2.76. The third-order valence-electron chi connectivity index (χ3n) is 5.47. The summed E-state index contributed by atoms with van der Waals surface area (Å²) in [4.78, 5) is 5.21. The lowest BCUT2D eigenvalue weighted by Gasteiger charge is -2.39. The number of hydrogen-bond acceptors (Lipinski definition) is 4. The molecule has 5 heteroatoms. The Morgan fingerprint density at radius 2 is 2.14 bits per heavy atom. The minimum absolute atomic E-state index is 0.478. The third-order valence-corrected chi connectivity index (χ3v) is 5.47. The Bertz CT molecular complexity index is 430. The zero-order valence-electron chi connectivity index (χ0n) is 14.2. The second-order valence-corrected chi connectivity index (χ2v) is 7.49. The van der Waals surface area contributed by atoms with Crippen molar-refractivity contribution in [2.75, 3.05) is 46.3 Å². The van der Waals surface area contributed by atoms with Crippen molar-refractivity contribution in [2.45, 2.75) is 38.8 Å². The zero-order chi connectivity index (χ0) is 15.4. The van der Waals surface area contributed by atoms with Crippen LogP contribution in [0.4, 0.5) is 0 Å². The van der Waals surface area contributed by atoms with Crippen molar-refractivity contribution in [2.24, 2.45) is 5.41 Å². The van der Waals surface area contributed by atoms with Gasteiger partial charge < -0.3 is 15.1 Å². The molecule has 2 saturated heterocycles. The van der Waals surface area contributed by atoms with Crippen molar-refractivity contribution in [3.63, 3.8) is 0 Å². The van der Waals surface area contributed by atoms with E-state index < -0.39 is 0 Å². The van der Waals surface area contributed by atoms with Gasteiger partial charge in [-0.1, -0.05) is 6.92 Å². The first-order chi connectivity index (χ1) is 10.6. The van der Waals surface area contributed by atoms with Gasteiger partial charge in [0.25, 0.3) is 0 Å². The molecule has 1 aromatic rings. The Kier molecular flexibility index (Phi) is 5.16. The molecule has 0 saturated carbocycles. The SMILES string of the molecule is CN(CC1(C)CCNC1)C1CCN(CCn2cccn2)CC1. The summed E-state index contributed by atoms with van der Waals surface area (Å²) < 4.78 is 2.03. The van der Waals surface area contributed by atoms with Gasteiger partial charge in [0.15, 0.2) is 0 Å². The fourth-order valence-electron chi connectivity index (χ4n) is 4.00. The van der Waals surface area contributed by atoms with Crippen molar-refractivity contribution < 1.29 is 0 Å². The van der Waals surface area contributed by atoms with Crippen molar-refractivity contribution >= 4 is 0 Å². The van der Waals surface area contributed by atoms with Crippen LogP contribution in [-0.4, -0.2) is 71.9 Å². The number of rotatable bonds is 6. The lowest BCUT2D eigenvalue weighted by Crippen LogP contribution is -2.47. The molecule has 0 spiro atoms. The third kappa shape index (κ3) is 4.09. The number of aromatic nitrogens is 2. The molecule has 1 unspecified atom stereocenters. The molecule has 0 aliphatic carbocycles. The van der Waals surface area contributed by atoms with E-state index in [-0.39, 0.29) is 0 Å². The van der Waals surface area contributed by atoms with Crippen LogP contribution in [0.1, 0.15) is 26.2 Å². The van der Waals surface area contributed by atoms with E-state index in [9.17, 15) is 0 Å². The standard InChI is InChI=1S/C17H31N5/c1-17(6-8-18-14-17)15-20(2)16-4-10-21(11-5-16)12-13-22-9-3-7-19-22/h3,7,9,16,18H,4-6,8,10-15H2,1-2H3. The first kappa shape index (κ1) is 16.0. The topological polar surface area (TPSA) is 36.3 Å². The maximum absolute atomic E-state index is 4.28. The van der Waals surface area contributed by atoms with E-state index in [2.05, 4.69) is 40.4 Å². The van der Waals surface area contributed by atoms with Gasteiger partial charge >= 0.3 is 0 Å². The van der Waals surface area contributed by atoms with Crippen molar-refractivity contribution in [1.82, 2.24) is 24.9 Å². The van der Waals surface area contributed by atoms with Crippen LogP contribution in [0.25, 0.3) is 0 Å². The van der Waals surface area contributed by atoms with Gasteiger partial charge in [0.1, 0.15) is 0 Å². The van der Waals surface area contributed by atoms with Crippen LogP contribution in [0, 0.1) is 5.41 Å². The minimum atomic E-state index is 0.478. The van der Waals surface area contributed by atoms with E-state index in [4.69, 9.17) is 0 Å². The predicted molar refractivity (Wildman–Crippen MR) is 89.9 cm³/mol. The number of piperidine rings is 1. The lowest BCUT2D eigenvalue weighted by atomic mass is 9.88. The van der Waals surface area contributed by atoms with Gasteiger partial charge in [0.05, 0.1) is 6.54 Å². The van der Waals surface area contributed by atoms with Gasteiger partial charge in [-0.2, -0.15) is 5.10 Å². The van der Waals surface area contributed by atoms with Crippen molar-refractivity contribution in [3.8, 4) is 0 Å². The molecule has 0 radical (unpaired) electrons. The Hall–Kier alpha value is -0.910. The molecule has 124 valence electrons. The molecule has 1 N–H and O–H groups in total. The minimum Gasteiger partial charge on any atom is -0.316 e. The average Bonchev–Trinajstić information content (AvgIpc) is 3.17. The van der Waals surface area contributed by atoms with E-state index >= 15 is 0 Å². The summed E-state index contributed by atoms with van der Waals surface area (Å²) in [5.41, 5.74) is 0.478. The van der Waals surface area contributed by atoms with E-state index in [1.807, 2.05) is 16.9 Å². The number of likely N-dealkylation sites (tertiary alicyclic amines) is 1. The fourth-order valence-corrected chi connectivity index (χ4v) is 4.00. The zero-order valence-corrected chi connectivity index (χ0v) is 14.2. The summed E-state index contributed by atoms with van der Waals surface area (Å²) >= 11 is 0. The Labute approximate surface area is 134 Å². The van der Waals surface area contributed by atoms with E-state index in [1.54, 1.807) is 0 Å². The van der Waals surface area contributed by atoms with Crippen LogP contribution in [0.5, 0.6) is 0 Å². The van der Waals surface area contributed by atoms with Gasteiger partial charge in [0.2, 0.25) is 0 Å². The van der Waals surface area contributed by atoms with Gasteiger partial charge in [-0.05, 0) is 57.4 Å². The summed E-state index contributed by atoms with van der Waals surface area (Å²) in [5.74, 6) is 0. The van der Waals surface area contributed by atoms with Crippen LogP contribution in [-0.2, 0) is 6.54 Å². The molecule has 3 rings (SSSR count). The molecule has 1 aromatic heterocycles. The molecule has 2 aliphatic rings. The van der Waals surface area contributed by atoms with Crippen LogP contribution in [0.3, 0.4) is 0 Å². The normalized spacial score (nSPS) is 27.8. The molecule has 22 heavy (non-hydrogen) atoms. The largest absolute Gasteiger partial charge is 0.316 e. The Morgan fingerprint density at radius 1 is 1.32 bits per heavy atom. The van der Waals surface area contributed by atoms with Crippen LogP contribution in [0.15, 0.2) is 18.5 Å². The Morgan fingerprint density at radius 3 is 2.77 bits per heavy atom. The first-order valence-corrected chi connectivity index (χ1v) is 8.75. The van der Waals surface area contributed by atoms with Gasteiger partial charge in [-0.15, -0.1) is 0 Å². The van der Waals surface area contributed by atoms with Crippen molar-refractivity contribution in [1.29, 1.82) is 0 Å². The van der Waals surface area contributed by atoms with E-state index in [1.165, 1.54) is 52.0 Å². The molecule has 0 bridgehead atoms. The molecule has 5 nitrogen and oxygen atoms in total. The molecule has 0 amide bonds.